The van der Waals surface area contributed by atoms with Gasteiger partial charge in [-0.3, -0.25) is 14.6 Å². The Kier molecular flexibility index (Phi) is 25.7. The molecule has 0 aromatic rings. The van der Waals surface area contributed by atoms with E-state index in [0.29, 0.717) is 25.0 Å². The third-order valence-corrected chi connectivity index (χ3v) is 8.24. The van der Waals surface area contributed by atoms with Crippen molar-refractivity contribution in [2.75, 3.05) is 26.2 Å². The number of rotatable bonds is 29. The minimum absolute atomic E-state index is 0.0231. The largest absolute Gasteiger partial charge is 0.466 e. The summed E-state index contributed by atoms with van der Waals surface area (Å²) >= 11 is 0. The first-order valence-corrected chi connectivity index (χ1v) is 17.7. The summed E-state index contributed by atoms with van der Waals surface area (Å²) < 4.78 is 5.49. The van der Waals surface area contributed by atoms with Crippen LogP contribution in [-0.4, -0.2) is 55.1 Å². The minimum Gasteiger partial charge on any atom is -0.466 e. The van der Waals surface area contributed by atoms with E-state index in [1.807, 2.05) is 24.2 Å². The zero-order chi connectivity index (χ0) is 30.5. The maximum atomic E-state index is 12.1. The normalized spacial score (nSPS) is 17.5. The molecule has 1 aliphatic heterocycles. The van der Waals surface area contributed by atoms with Crippen LogP contribution in [0.4, 0.5) is 0 Å². The van der Waals surface area contributed by atoms with Crippen molar-refractivity contribution in [1.82, 2.24) is 10.1 Å². The predicted octanol–water partition coefficient (Wildman–Crippen LogP) is 10.0. The molecule has 42 heavy (non-hydrogen) atoms. The molecule has 2 atom stereocenters. The molecule has 0 radical (unpaired) electrons. The summed E-state index contributed by atoms with van der Waals surface area (Å²) in [6.07, 6.45) is 33.8. The summed E-state index contributed by atoms with van der Waals surface area (Å²) in [5.74, 6) is 0.591. The van der Waals surface area contributed by atoms with Gasteiger partial charge in [0.05, 0.1) is 12.7 Å². The molecule has 0 bridgehead atoms. The quantitative estimate of drug-likeness (QED) is 0.0286. The molecule has 0 aliphatic carbocycles. The molecule has 1 heterocycles. The molecule has 6 nitrogen and oxygen atoms in total. The Morgan fingerprint density at radius 3 is 2.21 bits per heavy atom. The number of carbonyl (C=O) groups is 1. The lowest BCUT2D eigenvalue weighted by atomic mass is 9.94. The van der Waals surface area contributed by atoms with E-state index in [1.54, 1.807) is 0 Å². The van der Waals surface area contributed by atoms with E-state index < -0.39 is 0 Å². The van der Waals surface area contributed by atoms with Crippen LogP contribution in [0.3, 0.4) is 0 Å². The van der Waals surface area contributed by atoms with Crippen LogP contribution < -0.4 is 0 Å². The number of allylic oxidation sites excluding steroid dienone is 3. The van der Waals surface area contributed by atoms with Crippen LogP contribution in [0, 0.1) is 5.92 Å². The van der Waals surface area contributed by atoms with Crippen molar-refractivity contribution in [2.24, 2.45) is 11.0 Å². The topological polar surface area (TPSA) is 54.4 Å². The summed E-state index contributed by atoms with van der Waals surface area (Å²) in [6, 6.07) is 0. The number of hydrogen-bond donors (Lipinski definition) is 0. The molecule has 1 aliphatic rings. The maximum Gasteiger partial charge on any atom is 0.305 e. The van der Waals surface area contributed by atoms with Crippen molar-refractivity contribution in [3.05, 3.63) is 24.4 Å². The summed E-state index contributed by atoms with van der Waals surface area (Å²) in [5, 5.41) is 8.07. The zero-order valence-electron chi connectivity index (χ0n) is 27.9. The molecule has 2 unspecified atom stereocenters. The number of hydrazone groups is 1. The first-order chi connectivity index (χ1) is 20.6. The Balaban J connectivity index is 1.98. The molecule has 0 N–H and O–H groups in total. The first kappa shape index (κ1) is 38.4. The van der Waals surface area contributed by atoms with Gasteiger partial charge in [0.15, 0.2) is 0 Å². The van der Waals surface area contributed by atoms with Crippen LogP contribution in [-0.2, 0) is 14.4 Å². The van der Waals surface area contributed by atoms with E-state index in [0.717, 1.165) is 64.6 Å². The van der Waals surface area contributed by atoms with Crippen molar-refractivity contribution in [3.8, 4) is 0 Å². The van der Waals surface area contributed by atoms with Gasteiger partial charge in [-0.2, -0.15) is 10.2 Å². The van der Waals surface area contributed by atoms with Crippen molar-refractivity contribution in [1.29, 1.82) is 0 Å². The lowest BCUT2D eigenvalue weighted by molar-refractivity contribution is -0.150. The maximum absolute atomic E-state index is 12.1. The molecule has 1 rings (SSSR count). The molecule has 0 aromatic carbocycles. The van der Waals surface area contributed by atoms with Crippen LogP contribution in [0.25, 0.3) is 0 Å². The van der Waals surface area contributed by atoms with Gasteiger partial charge in [-0.15, -0.1) is 0 Å². The predicted molar refractivity (Wildman–Crippen MR) is 179 cm³/mol. The number of hydroxylamine groups is 2. The van der Waals surface area contributed by atoms with Crippen LogP contribution in [0.5, 0.6) is 0 Å². The first-order valence-electron chi connectivity index (χ1n) is 17.7. The fourth-order valence-electron chi connectivity index (χ4n) is 5.78. The Hall–Kier alpha value is -1.66. The van der Waals surface area contributed by atoms with Crippen molar-refractivity contribution in [2.45, 2.75) is 162 Å². The number of ether oxygens (including phenoxy) is 1. The summed E-state index contributed by atoms with van der Waals surface area (Å²) in [7, 11) is 0. The Morgan fingerprint density at radius 1 is 0.881 bits per heavy atom. The van der Waals surface area contributed by atoms with Crippen LogP contribution in [0.15, 0.2) is 29.5 Å². The van der Waals surface area contributed by atoms with Crippen molar-refractivity contribution in [3.63, 3.8) is 0 Å². The lowest BCUT2D eigenvalue weighted by Gasteiger charge is -2.18. The van der Waals surface area contributed by atoms with E-state index in [4.69, 9.17) is 9.57 Å². The Morgan fingerprint density at radius 2 is 1.55 bits per heavy atom. The van der Waals surface area contributed by atoms with E-state index in [2.05, 4.69) is 42.9 Å². The van der Waals surface area contributed by atoms with E-state index >= 15 is 0 Å². The third-order valence-electron chi connectivity index (χ3n) is 8.24. The number of nitrogens with zero attached hydrogens (tertiary/aromatic N) is 3. The monoisotopic (exact) mass is 590 g/mol. The number of hydrogen-bond acceptors (Lipinski definition) is 6. The second-order valence-corrected chi connectivity index (χ2v) is 12.1. The van der Waals surface area contributed by atoms with Gasteiger partial charge in [-0.1, -0.05) is 96.3 Å². The van der Waals surface area contributed by atoms with E-state index in [-0.39, 0.29) is 5.97 Å². The van der Waals surface area contributed by atoms with Gasteiger partial charge in [0.2, 0.25) is 0 Å². The fourth-order valence-corrected chi connectivity index (χ4v) is 5.78. The van der Waals surface area contributed by atoms with Gasteiger partial charge in [-0.25, -0.2) is 0 Å². The Bertz CT molecular complexity index is 696. The summed E-state index contributed by atoms with van der Waals surface area (Å²) in [6.45, 7) is 13.5. The van der Waals surface area contributed by atoms with Gasteiger partial charge in [0.1, 0.15) is 0 Å². The molecule has 0 aromatic heterocycles. The number of unbranched alkanes of at least 4 members (excludes halogenated alkanes) is 13. The van der Waals surface area contributed by atoms with Crippen LogP contribution >= 0.6 is 0 Å². The minimum atomic E-state index is -0.0231. The second kappa shape index (κ2) is 28.1. The molecule has 0 saturated carbocycles. The van der Waals surface area contributed by atoms with Gasteiger partial charge >= 0.3 is 5.97 Å². The summed E-state index contributed by atoms with van der Waals surface area (Å²) in [4.78, 5) is 18.4. The van der Waals surface area contributed by atoms with Gasteiger partial charge < -0.3 is 4.74 Å². The smallest absolute Gasteiger partial charge is 0.305 e. The van der Waals surface area contributed by atoms with Gasteiger partial charge in [0.25, 0.3) is 0 Å². The molecule has 1 saturated heterocycles. The van der Waals surface area contributed by atoms with Crippen molar-refractivity contribution >= 4 is 12.7 Å². The number of carbonyl (C=O) groups excluding carboxylic acids is 1. The van der Waals surface area contributed by atoms with E-state index in [1.165, 1.54) is 83.5 Å². The molecule has 1 fully saturated rings. The average Bonchev–Trinajstić information content (AvgIpc) is 3.37. The number of esters is 1. The summed E-state index contributed by atoms with van der Waals surface area (Å²) in [5.41, 5.74) is 0. The molecule has 244 valence electrons. The standard InChI is InChI=1S/C36H67N3O3/c1-5-8-9-10-11-12-13-14-15-16-17-18-19-20-23-28-36(40)41-32-24-21-22-27-35-34(26-6-2)33-39(42-35)31-25-30-38(37-4)29-7-3/h7,14-15,29,34-35H,4-6,8-13,16-28,30-33H2,1-3H3/b15-14-,29-7-. The van der Waals surface area contributed by atoms with Crippen LogP contribution in [0.2, 0.25) is 0 Å². The van der Waals surface area contributed by atoms with E-state index in [9.17, 15) is 4.79 Å². The highest BCUT2D eigenvalue weighted by atomic mass is 16.7. The SMILES string of the molecule is C=NN(/C=C\C)CCCN1CC(CCC)C(CCCCCOC(=O)CCCCCCC/C=C\CCCCCCCC)O1. The van der Waals surface area contributed by atoms with Gasteiger partial charge in [0, 0.05) is 44.9 Å². The lowest BCUT2D eigenvalue weighted by Crippen LogP contribution is -2.24. The van der Waals surface area contributed by atoms with Crippen molar-refractivity contribution < 1.29 is 14.4 Å². The Labute approximate surface area is 260 Å². The fraction of sp³-hybridized carbons (Fsp3) is 0.833. The average molecular weight is 590 g/mol. The zero-order valence-corrected chi connectivity index (χ0v) is 27.9. The highest BCUT2D eigenvalue weighted by Gasteiger charge is 2.32. The molecule has 0 spiro atoms. The third kappa shape index (κ3) is 21.1. The van der Waals surface area contributed by atoms with Crippen LogP contribution in [0.1, 0.15) is 156 Å². The van der Waals surface area contributed by atoms with Gasteiger partial charge in [-0.05, 0) is 71.1 Å². The highest BCUT2D eigenvalue weighted by molar-refractivity contribution is 5.69. The second-order valence-electron chi connectivity index (χ2n) is 12.1. The molecule has 6 heteroatoms. The molecular formula is C36H67N3O3. The highest BCUT2D eigenvalue weighted by Crippen LogP contribution is 2.28. The molecule has 0 amide bonds. The molecular weight excluding hydrogens is 522 g/mol.